The number of nitro groups is 1. The predicted octanol–water partition coefficient (Wildman–Crippen LogP) is 3.81. The Morgan fingerprint density at radius 3 is 2.77 bits per heavy atom. The van der Waals surface area contributed by atoms with Crippen LogP contribution in [0.1, 0.15) is 6.92 Å². The van der Waals surface area contributed by atoms with E-state index < -0.39 is 35.3 Å². The predicted molar refractivity (Wildman–Crippen MR) is 110 cm³/mol. The number of halogens is 1. The number of hydrogen-bond acceptors (Lipinski definition) is 8. The van der Waals surface area contributed by atoms with Crippen LogP contribution >= 0.6 is 11.3 Å². The SMILES string of the molecule is CC(OC(=O)COc1ccccc1F)C(=O)Nc1nc(-c2cccc([N+](=O)[O-])c2)cs1. The normalized spacial score (nSPS) is 11.4. The van der Waals surface area contributed by atoms with E-state index in [2.05, 4.69) is 10.3 Å². The molecule has 0 spiro atoms. The third-order valence-corrected chi connectivity index (χ3v) is 4.70. The van der Waals surface area contributed by atoms with Gasteiger partial charge in [-0.05, 0) is 19.1 Å². The number of rotatable bonds is 8. The summed E-state index contributed by atoms with van der Waals surface area (Å²) in [7, 11) is 0. The number of para-hydroxylation sites is 1. The summed E-state index contributed by atoms with van der Waals surface area (Å²) in [4.78, 5) is 38.7. The van der Waals surface area contributed by atoms with Crippen molar-refractivity contribution < 1.29 is 28.4 Å². The first-order valence-electron chi connectivity index (χ1n) is 8.91. The monoisotopic (exact) mass is 445 g/mol. The van der Waals surface area contributed by atoms with Crippen LogP contribution < -0.4 is 10.1 Å². The van der Waals surface area contributed by atoms with E-state index in [0.29, 0.717) is 11.3 Å². The zero-order valence-corrected chi connectivity index (χ0v) is 16.9. The van der Waals surface area contributed by atoms with Crippen molar-refractivity contribution >= 4 is 34.0 Å². The molecule has 0 aliphatic carbocycles. The molecule has 160 valence electrons. The molecule has 0 radical (unpaired) electrons. The third-order valence-electron chi connectivity index (χ3n) is 3.95. The third kappa shape index (κ3) is 5.82. The number of thiazole rings is 1. The zero-order chi connectivity index (χ0) is 22.4. The van der Waals surface area contributed by atoms with E-state index in [1.165, 1.54) is 43.3 Å². The number of hydrogen-bond donors (Lipinski definition) is 1. The molecule has 1 aromatic heterocycles. The molecule has 11 heteroatoms. The maximum Gasteiger partial charge on any atom is 0.344 e. The lowest BCUT2D eigenvalue weighted by molar-refractivity contribution is -0.384. The Morgan fingerprint density at radius 1 is 1.26 bits per heavy atom. The Balaban J connectivity index is 1.54. The van der Waals surface area contributed by atoms with Gasteiger partial charge in [0.15, 0.2) is 29.4 Å². The molecular weight excluding hydrogens is 429 g/mol. The number of carbonyl (C=O) groups is 2. The molecule has 1 atom stereocenters. The summed E-state index contributed by atoms with van der Waals surface area (Å²) < 4.78 is 23.5. The van der Waals surface area contributed by atoms with Gasteiger partial charge in [-0.25, -0.2) is 14.2 Å². The molecule has 0 aliphatic heterocycles. The number of anilines is 1. The molecular formula is C20H16FN3O6S. The van der Waals surface area contributed by atoms with Gasteiger partial charge in [0.1, 0.15) is 0 Å². The van der Waals surface area contributed by atoms with Gasteiger partial charge in [-0.2, -0.15) is 0 Å². The van der Waals surface area contributed by atoms with Crippen LogP contribution in [0.15, 0.2) is 53.9 Å². The van der Waals surface area contributed by atoms with Gasteiger partial charge in [-0.3, -0.25) is 20.2 Å². The molecule has 0 fully saturated rings. The fourth-order valence-electron chi connectivity index (χ4n) is 2.43. The highest BCUT2D eigenvalue weighted by Gasteiger charge is 2.20. The standard InChI is InChI=1S/C20H16FN3O6S/c1-12(30-18(25)10-29-17-8-3-2-7-15(17)21)19(26)23-20-22-16(11-31-20)13-5-4-6-14(9-13)24(27)28/h2-9,11-12H,10H2,1H3,(H,22,23,26). The lowest BCUT2D eigenvalue weighted by Gasteiger charge is -2.13. The molecule has 1 unspecified atom stereocenters. The molecule has 3 aromatic rings. The van der Waals surface area contributed by atoms with Crippen LogP contribution in [0.25, 0.3) is 11.3 Å². The van der Waals surface area contributed by atoms with Crippen LogP contribution in [0.3, 0.4) is 0 Å². The Labute approximate surface area is 179 Å². The van der Waals surface area contributed by atoms with Crippen LogP contribution in [0, 0.1) is 15.9 Å². The average Bonchev–Trinajstić information content (AvgIpc) is 3.21. The number of amides is 1. The molecule has 0 bridgehead atoms. The van der Waals surface area contributed by atoms with E-state index in [4.69, 9.17) is 9.47 Å². The zero-order valence-electron chi connectivity index (χ0n) is 16.1. The van der Waals surface area contributed by atoms with E-state index in [9.17, 15) is 24.1 Å². The van der Waals surface area contributed by atoms with Crippen molar-refractivity contribution in [2.24, 2.45) is 0 Å². The summed E-state index contributed by atoms with van der Waals surface area (Å²) in [6.07, 6.45) is -1.15. The highest BCUT2D eigenvalue weighted by Crippen LogP contribution is 2.27. The number of benzene rings is 2. The minimum absolute atomic E-state index is 0.0748. The van der Waals surface area contributed by atoms with Gasteiger partial charge in [-0.15, -0.1) is 11.3 Å². The lowest BCUT2D eigenvalue weighted by atomic mass is 10.1. The number of carbonyl (C=O) groups excluding carboxylic acids is 2. The molecule has 9 nitrogen and oxygen atoms in total. The quantitative estimate of drug-likeness (QED) is 0.318. The van der Waals surface area contributed by atoms with Crippen molar-refractivity contribution in [2.75, 3.05) is 11.9 Å². The number of nitrogens with one attached hydrogen (secondary N) is 1. The second kappa shape index (κ2) is 9.76. The molecule has 3 rings (SSSR count). The van der Waals surface area contributed by atoms with Crippen molar-refractivity contribution in [3.8, 4) is 17.0 Å². The highest BCUT2D eigenvalue weighted by molar-refractivity contribution is 7.14. The summed E-state index contributed by atoms with van der Waals surface area (Å²) in [5, 5.41) is 15.3. The van der Waals surface area contributed by atoms with Gasteiger partial charge in [0.2, 0.25) is 0 Å². The number of nitro benzene ring substituents is 1. The van der Waals surface area contributed by atoms with Crippen LogP contribution in [0.4, 0.5) is 15.2 Å². The van der Waals surface area contributed by atoms with Crippen LogP contribution in [0.2, 0.25) is 0 Å². The topological polar surface area (TPSA) is 121 Å². The first-order valence-corrected chi connectivity index (χ1v) is 9.79. The van der Waals surface area contributed by atoms with Gasteiger partial charge < -0.3 is 9.47 Å². The Kier molecular flexibility index (Phi) is 6.88. The minimum Gasteiger partial charge on any atom is -0.479 e. The molecule has 0 aliphatic rings. The number of nitrogens with zero attached hydrogens (tertiary/aromatic N) is 2. The highest BCUT2D eigenvalue weighted by atomic mass is 32.1. The molecule has 31 heavy (non-hydrogen) atoms. The number of non-ortho nitro benzene ring substituents is 1. The van der Waals surface area contributed by atoms with Crippen molar-refractivity contribution in [1.82, 2.24) is 4.98 Å². The van der Waals surface area contributed by atoms with E-state index >= 15 is 0 Å². The molecule has 2 aromatic carbocycles. The van der Waals surface area contributed by atoms with Gasteiger partial charge >= 0.3 is 5.97 Å². The first-order chi connectivity index (χ1) is 14.8. The van der Waals surface area contributed by atoms with E-state index in [1.807, 2.05) is 0 Å². The van der Waals surface area contributed by atoms with Crippen molar-refractivity contribution in [1.29, 1.82) is 0 Å². The van der Waals surface area contributed by atoms with Gasteiger partial charge in [0.25, 0.3) is 11.6 Å². The Hall–Kier alpha value is -3.86. The van der Waals surface area contributed by atoms with E-state index in [1.54, 1.807) is 17.5 Å². The summed E-state index contributed by atoms with van der Waals surface area (Å²) in [6.45, 7) is 0.804. The molecule has 1 N–H and O–H groups in total. The number of ether oxygens (including phenoxy) is 2. The number of aromatic nitrogens is 1. The fraction of sp³-hybridized carbons (Fsp3) is 0.150. The summed E-state index contributed by atoms with van der Waals surface area (Å²) >= 11 is 1.11. The van der Waals surface area contributed by atoms with Crippen molar-refractivity contribution in [3.63, 3.8) is 0 Å². The molecule has 0 saturated heterocycles. The lowest BCUT2D eigenvalue weighted by Crippen LogP contribution is -2.31. The Morgan fingerprint density at radius 2 is 2.03 bits per heavy atom. The second-order valence-corrected chi connectivity index (χ2v) is 7.04. The molecule has 1 heterocycles. The molecule has 1 amide bonds. The van der Waals surface area contributed by atoms with Gasteiger partial charge in [0, 0.05) is 23.1 Å². The fourth-order valence-corrected chi connectivity index (χ4v) is 3.16. The van der Waals surface area contributed by atoms with Gasteiger partial charge in [0.05, 0.1) is 10.6 Å². The second-order valence-electron chi connectivity index (χ2n) is 6.19. The van der Waals surface area contributed by atoms with E-state index in [-0.39, 0.29) is 16.6 Å². The molecule has 0 saturated carbocycles. The smallest absolute Gasteiger partial charge is 0.344 e. The largest absolute Gasteiger partial charge is 0.479 e. The first kappa shape index (κ1) is 21.8. The van der Waals surface area contributed by atoms with Crippen molar-refractivity contribution in [2.45, 2.75) is 13.0 Å². The number of esters is 1. The maximum absolute atomic E-state index is 13.5. The van der Waals surface area contributed by atoms with Crippen molar-refractivity contribution in [3.05, 3.63) is 69.8 Å². The minimum atomic E-state index is -1.15. The summed E-state index contributed by atoms with van der Waals surface area (Å²) in [6, 6.07) is 11.5. The summed E-state index contributed by atoms with van der Waals surface area (Å²) in [5.41, 5.74) is 0.900. The average molecular weight is 445 g/mol. The van der Waals surface area contributed by atoms with Gasteiger partial charge in [-0.1, -0.05) is 24.3 Å². The summed E-state index contributed by atoms with van der Waals surface area (Å²) in [5.74, 6) is -2.20. The Bertz CT molecular complexity index is 1120. The van der Waals surface area contributed by atoms with E-state index in [0.717, 1.165) is 11.3 Å². The van der Waals surface area contributed by atoms with Crippen LogP contribution in [-0.2, 0) is 14.3 Å². The maximum atomic E-state index is 13.5. The van der Waals surface area contributed by atoms with Crippen LogP contribution in [-0.4, -0.2) is 34.5 Å². The van der Waals surface area contributed by atoms with Crippen LogP contribution in [0.5, 0.6) is 5.75 Å².